The van der Waals surface area contributed by atoms with E-state index >= 15 is 0 Å². The van der Waals surface area contributed by atoms with Crippen molar-refractivity contribution < 1.29 is 5.11 Å². The zero-order valence-electron chi connectivity index (χ0n) is 10.6. The number of rotatable bonds is 3. The largest absolute Gasteiger partial charge is 0.393 e. The predicted octanol–water partition coefficient (Wildman–Crippen LogP) is 2.71. The lowest BCUT2D eigenvalue weighted by Crippen LogP contribution is -2.37. The fourth-order valence-electron chi connectivity index (χ4n) is 3.30. The summed E-state index contributed by atoms with van der Waals surface area (Å²) in [4.78, 5) is 0. The molecule has 0 amide bonds. The van der Waals surface area contributed by atoms with Crippen molar-refractivity contribution >= 4 is 0 Å². The topological polar surface area (TPSA) is 32.3 Å². The maximum Gasteiger partial charge on any atom is 0.0540 e. The summed E-state index contributed by atoms with van der Waals surface area (Å²) in [5.74, 6) is 1.74. The van der Waals surface area contributed by atoms with E-state index in [0.717, 1.165) is 30.7 Å². The van der Waals surface area contributed by atoms with E-state index in [9.17, 15) is 5.11 Å². The molecule has 0 saturated heterocycles. The molecule has 16 heavy (non-hydrogen) atoms. The second-order valence-electron chi connectivity index (χ2n) is 6.05. The molecule has 2 fully saturated rings. The van der Waals surface area contributed by atoms with E-state index in [-0.39, 0.29) is 6.10 Å². The first-order chi connectivity index (χ1) is 7.74. The van der Waals surface area contributed by atoms with Crippen LogP contribution >= 0.6 is 0 Å². The van der Waals surface area contributed by atoms with Gasteiger partial charge in [-0.1, -0.05) is 19.8 Å². The van der Waals surface area contributed by atoms with Crippen molar-refractivity contribution in [1.82, 2.24) is 5.32 Å². The molecule has 2 nitrogen and oxygen atoms in total. The normalized spacial score (nSPS) is 40.9. The van der Waals surface area contributed by atoms with E-state index in [1.54, 1.807) is 0 Å². The van der Waals surface area contributed by atoms with Crippen molar-refractivity contribution in [2.45, 2.75) is 70.4 Å². The Bertz CT molecular complexity index is 199. The summed E-state index contributed by atoms with van der Waals surface area (Å²) in [5, 5.41) is 13.2. The van der Waals surface area contributed by atoms with Crippen LogP contribution in [0.15, 0.2) is 0 Å². The van der Waals surface area contributed by atoms with Gasteiger partial charge < -0.3 is 10.4 Å². The van der Waals surface area contributed by atoms with Gasteiger partial charge in [0.2, 0.25) is 0 Å². The molecule has 0 bridgehead atoms. The molecule has 2 aliphatic carbocycles. The zero-order valence-corrected chi connectivity index (χ0v) is 10.6. The first-order valence-corrected chi connectivity index (χ1v) is 7.15. The summed E-state index contributed by atoms with van der Waals surface area (Å²) >= 11 is 0. The van der Waals surface area contributed by atoms with Crippen LogP contribution in [-0.4, -0.2) is 23.8 Å². The molecule has 0 heterocycles. The maximum absolute atomic E-state index is 9.46. The van der Waals surface area contributed by atoms with E-state index in [1.165, 1.54) is 45.1 Å². The summed E-state index contributed by atoms with van der Waals surface area (Å²) < 4.78 is 0. The zero-order chi connectivity index (χ0) is 11.4. The van der Waals surface area contributed by atoms with Crippen LogP contribution in [0, 0.1) is 11.8 Å². The maximum atomic E-state index is 9.46. The quantitative estimate of drug-likeness (QED) is 0.774. The van der Waals surface area contributed by atoms with Gasteiger partial charge in [0.15, 0.2) is 0 Å². The van der Waals surface area contributed by atoms with Gasteiger partial charge in [0.05, 0.1) is 6.10 Å². The van der Waals surface area contributed by atoms with Gasteiger partial charge in [0, 0.05) is 6.04 Å². The second-order valence-corrected chi connectivity index (χ2v) is 6.05. The second kappa shape index (κ2) is 6.02. The van der Waals surface area contributed by atoms with E-state index in [1.807, 2.05) is 0 Å². The fourth-order valence-corrected chi connectivity index (χ4v) is 3.30. The lowest BCUT2D eigenvalue weighted by molar-refractivity contribution is 0.106. The summed E-state index contributed by atoms with van der Waals surface area (Å²) in [6.45, 7) is 3.56. The smallest absolute Gasteiger partial charge is 0.0540 e. The Morgan fingerprint density at radius 2 is 1.81 bits per heavy atom. The van der Waals surface area contributed by atoms with Crippen LogP contribution in [0.1, 0.15) is 58.3 Å². The number of nitrogens with one attached hydrogen (secondary N) is 1. The highest BCUT2D eigenvalue weighted by molar-refractivity contribution is 4.79. The van der Waals surface area contributed by atoms with Gasteiger partial charge >= 0.3 is 0 Å². The molecule has 2 N–H and O–H groups in total. The molecule has 2 aliphatic rings. The first kappa shape index (κ1) is 12.4. The van der Waals surface area contributed by atoms with E-state index in [2.05, 4.69) is 12.2 Å². The molecule has 2 saturated carbocycles. The highest BCUT2D eigenvalue weighted by atomic mass is 16.3. The molecule has 0 aromatic heterocycles. The van der Waals surface area contributed by atoms with Crippen LogP contribution in [0.4, 0.5) is 0 Å². The Balaban J connectivity index is 1.63. The Hall–Kier alpha value is -0.0800. The average molecular weight is 225 g/mol. The van der Waals surface area contributed by atoms with Gasteiger partial charge in [-0.25, -0.2) is 0 Å². The lowest BCUT2D eigenvalue weighted by atomic mass is 9.85. The highest BCUT2D eigenvalue weighted by Crippen LogP contribution is 2.26. The standard InChI is InChI=1S/C14H27NO/c1-11-3-2-4-13(9-11)15-10-12-5-7-14(16)8-6-12/h11-16H,2-10H2,1H3. The Labute approximate surface area is 99.8 Å². The van der Waals surface area contributed by atoms with Gasteiger partial charge in [-0.05, 0) is 56.9 Å². The molecule has 0 spiro atoms. The number of hydrogen-bond donors (Lipinski definition) is 2. The molecule has 0 aromatic rings. The molecule has 2 rings (SSSR count). The predicted molar refractivity (Wildman–Crippen MR) is 67.4 cm³/mol. The molecule has 94 valence electrons. The Morgan fingerprint density at radius 3 is 2.50 bits per heavy atom. The van der Waals surface area contributed by atoms with Gasteiger partial charge in [-0.2, -0.15) is 0 Å². The molecular formula is C14H27NO. The molecule has 2 unspecified atom stereocenters. The molecule has 0 radical (unpaired) electrons. The van der Waals surface area contributed by atoms with Crippen molar-refractivity contribution in [3.8, 4) is 0 Å². The van der Waals surface area contributed by atoms with Crippen LogP contribution < -0.4 is 5.32 Å². The first-order valence-electron chi connectivity index (χ1n) is 7.15. The average Bonchev–Trinajstić information content (AvgIpc) is 2.28. The summed E-state index contributed by atoms with van der Waals surface area (Å²) in [6, 6.07) is 0.774. The highest BCUT2D eigenvalue weighted by Gasteiger charge is 2.22. The third kappa shape index (κ3) is 3.74. The molecule has 0 aliphatic heterocycles. The van der Waals surface area contributed by atoms with E-state index < -0.39 is 0 Å². The van der Waals surface area contributed by atoms with Gasteiger partial charge in [0.25, 0.3) is 0 Å². The van der Waals surface area contributed by atoms with Crippen LogP contribution in [0.3, 0.4) is 0 Å². The molecular weight excluding hydrogens is 198 g/mol. The van der Waals surface area contributed by atoms with Crippen molar-refractivity contribution in [3.63, 3.8) is 0 Å². The van der Waals surface area contributed by atoms with Crippen LogP contribution in [0.5, 0.6) is 0 Å². The Kier molecular flexibility index (Phi) is 4.66. The van der Waals surface area contributed by atoms with Gasteiger partial charge in [-0.15, -0.1) is 0 Å². The van der Waals surface area contributed by atoms with E-state index in [0.29, 0.717) is 0 Å². The third-order valence-corrected chi connectivity index (χ3v) is 4.45. The fraction of sp³-hybridized carbons (Fsp3) is 1.00. The SMILES string of the molecule is CC1CCCC(NCC2CCC(O)CC2)C1. The lowest BCUT2D eigenvalue weighted by Gasteiger charge is -2.31. The molecule has 2 atom stereocenters. The summed E-state index contributed by atoms with van der Waals surface area (Å²) in [5.41, 5.74) is 0. The Morgan fingerprint density at radius 1 is 1.06 bits per heavy atom. The van der Waals surface area contributed by atoms with Crippen molar-refractivity contribution in [3.05, 3.63) is 0 Å². The minimum Gasteiger partial charge on any atom is -0.393 e. The summed E-state index contributed by atoms with van der Waals surface area (Å²) in [6.07, 6.45) is 10.0. The van der Waals surface area contributed by atoms with E-state index in [4.69, 9.17) is 0 Å². The molecule has 2 heteroatoms. The third-order valence-electron chi connectivity index (χ3n) is 4.45. The minimum atomic E-state index is -0.00838. The van der Waals surface area contributed by atoms with Gasteiger partial charge in [-0.3, -0.25) is 0 Å². The van der Waals surface area contributed by atoms with Gasteiger partial charge in [0.1, 0.15) is 0 Å². The number of aliphatic hydroxyl groups is 1. The number of aliphatic hydroxyl groups excluding tert-OH is 1. The van der Waals surface area contributed by atoms with Crippen LogP contribution in [-0.2, 0) is 0 Å². The van der Waals surface area contributed by atoms with Crippen molar-refractivity contribution in [2.75, 3.05) is 6.54 Å². The van der Waals surface area contributed by atoms with Crippen molar-refractivity contribution in [2.24, 2.45) is 11.8 Å². The van der Waals surface area contributed by atoms with Crippen LogP contribution in [0.25, 0.3) is 0 Å². The van der Waals surface area contributed by atoms with Crippen LogP contribution in [0.2, 0.25) is 0 Å². The number of hydrogen-bond acceptors (Lipinski definition) is 2. The molecule has 0 aromatic carbocycles. The summed E-state index contributed by atoms with van der Waals surface area (Å²) in [7, 11) is 0. The minimum absolute atomic E-state index is 0.00838. The monoisotopic (exact) mass is 225 g/mol. The van der Waals surface area contributed by atoms with Crippen molar-refractivity contribution in [1.29, 1.82) is 0 Å².